The zero-order valence-corrected chi connectivity index (χ0v) is 15.6. The van der Waals surface area contributed by atoms with E-state index in [2.05, 4.69) is 4.57 Å². The Morgan fingerprint density at radius 1 is 1.33 bits per heavy atom. The summed E-state index contributed by atoms with van der Waals surface area (Å²) in [5.74, 6) is 1.24. The number of rotatable bonds is 4. The molecule has 1 aliphatic heterocycles. The van der Waals surface area contributed by atoms with Crippen LogP contribution in [0.25, 0.3) is 22.4 Å². The summed E-state index contributed by atoms with van der Waals surface area (Å²) in [5.41, 5.74) is 3.96. The summed E-state index contributed by atoms with van der Waals surface area (Å²) in [6.45, 7) is 4.20. The van der Waals surface area contributed by atoms with Crippen LogP contribution in [-0.4, -0.2) is 33.6 Å². The first kappa shape index (κ1) is 17.7. The minimum Gasteiger partial charge on any atom is -0.381 e. The Morgan fingerprint density at radius 2 is 2.19 bits per heavy atom. The lowest BCUT2D eigenvalue weighted by molar-refractivity contribution is 0.0489. The second-order valence-corrected chi connectivity index (χ2v) is 7.32. The van der Waals surface area contributed by atoms with E-state index in [1.54, 1.807) is 11.6 Å². The Morgan fingerprint density at radius 3 is 2.89 bits per heavy atom. The van der Waals surface area contributed by atoms with Crippen molar-refractivity contribution >= 4 is 17.3 Å². The second-order valence-electron chi connectivity index (χ2n) is 7.32. The molecule has 0 bridgehead atoms. The number of hydrogen-bond acceptors (Lipinski definition) is 4. The van der Waals surface area contributed by atoms with E-state index in [-0.39, 0.29) is 5.56 Å². The molecular formula is C21H23N3O3. The lowest BCUT2D eigenvalue weighted by Gasteiger charge is -2.23. The molecule has 0 saturated carbocycles. The van der Waals surface area contributed by atoms with Gasteiger partial charge in [-0.3, -0.25) is 9.59 Å². The fourth-order valence-corrected chi connectivity index (χ4v) is 3.83. The van der Waals surface area contributed by atoms with Gasteiger partial charge in [0.1, 0.15) is 12.1 Å². The molecule has 0 aliphatic carbocycles. The van der Waals surface area contributed by atoms with Crippen LogP contribution >= 0.6 is 0 Å². The molecule has 1 aromatic carbocycles. The lowest BCUT2D eigenvalue weighted by atomic mass is 10.0. The predicted molar refractivity (Wildman–Crippen MR) is 104 cm³/mol. The van der Waals surface area contributed by atoms with Crippen molar-refractivity contribution in [1.82, 2.24) is 14.1 Å². The highest BCUT2D eigenvalue weighted by atomic mass is 16.5. The van der Waals surface area contributed by atoms with E-state index < -0.39 is 0 Å². The van der Waals surface area contributed by atoms with Crippen molar-refractivity contribution < 1.29 is 9.53 Å². The molecule has 3 heterocycles. The SMILES string of the molecule is Cc1cc(-c2nc3cc(C=O)ccc3n2CC2CCCOC2)cn(C)c1=O. The van der Waals surface area contributed by atoms with Crippen LogP contribution in [0.5, 0.6) is 0 Å². The molecule has 1 saturated heterocycles. The maximum atomic E-state index is 12.1. The molecule has 1 unspecified atom stereocenters. The highest BCUT2D eigenvalue weighted by Gasteiger charge is 2.20. The fourth-order valence-electron chi connectivity index (χ4n) is 3.83. The Bertz CT molecular complexity index is 1030. The van der Waals surface area contributed by atoms with Crippen LogP contribution in [-0.2, 0) is 18.3 Å². The molecular weight excluding hydrogens is 342 g/mol. The van der Waals surface area contributed by atoms with E-state index in [9.17, 15) is 9.59 Å². The van der Waals surface area contributed by atoms with Gasteiger partial charge in [0.2, 0.25) is 0 Å². The van der Waals surface area contributed by atoms with E-state index >= 15 is 0 Å². The third-order valence-electron chi connectivity index (χ3n) is 5.22. The van der Waals surface area contributed by atoms with E-state index in [0.29, 0.717) is 17.0 Å². The molecule has 0 radical (unpaired) electrons. The van der Waals surface area contributed by atoms with Crippen molar-refractivity contribution in [1.29, 1.82) is 0 Å². The molecule has 0 N–H and O–H groups in total. The molecule has 1 aliphatic rings. The van der Waals surface area contributed by atoms with E-state index in [1.165, 1.54) is 0 Å². The van der Waals surface area contributed by atoms with E-state index in [4.69, 9.17) is 9.72 Å². The number of aromatic nitrogens is 3. The summed E-state index contributed by atoms with van der Waals surface area (Å²) < 4.78 is 9.44. The minimum absolute atomic E-state index is 0.00895. The maximum absolute atomic E-state index is 12.1. The predicted octanol–water partition coefficient (Wildman–Crippen LogP) is 2.95. The first-order valence-electron chi connectivity index (χ1n) is 9.27. The molecule has 6 heteroatoms. The number of hydrogen-bond donors (Lipinski definition) is 0. The first-order chi connectivity index (χ1) is 13.1. The summed E-state index contributed by atoms with van der Waals surface area (Å²) in [7, 11) is 1.76. The number of fused-ring (bicyclic) bond motifs is 1. The molecule has 4 rings (SSSR count). The summed E-state index contributed by atoms with van der Waals surface area (Å²) in [4.78, 5) is 28.1. The molecule has 3 aromatic rings. The Kier molecular flexibility index (Phi) is 4.66. The summed E-state index contributed by atoms with van der Waals surface area (Å²) >= 11 is 0. The average Bonchev–Trinajstić information content (AvgIpc) is 3.04. The number of nitrogens with zero attached hydrogens (tertiary/aromatic N) is 3. The number of carbonyl (C=O) groups excluding carboxylic acids is 1. The van der Waals surface area contributed by atoms with Crippen LogP contribution in [0.3, 0.4) is 0 Å². The van der Waals surface area contributed by atoms with Crippen molar-refractivity contribution in [3.05, 3.63) is 51.9 Å². The smallest absolute Gasteiger partial charge is 0.253 e. The number of ether oxygens (including phenoxy) is 1. The van der Waals surface area contributed by atoms with Gasteiger partial charge in [0.25, 0.3) is 5.56 Å². The Labute approximate surface area is 157 Å². The van der Waals surface area contributed by atoms with Crippen LogP contribution in [0.4, 0.5) is 0 Å². The normalized spacial score (nSPS) is 17.3. The molecule has 6 nitrogen and oxygen atoms in total. The topological polar surface area (TPSA) is 66.1 Å². The Hall–Kier alpha value is -2.73. The van der Waals surface area contributed by atoms with Gasteiger partial charge >= 0.3 is 0 Å². The molecule has 2 aromatic heterocycles. The molecule has 140 valence electrons. The number of pyridine rings is 1. The van der Waals surface area contributed by atoms with E-state index in [0.717, 1.165) is 61.3 Å². The third kappa shape index (κ3) is 3.32. The Balaban J connectivity index is 1.88. The van der Waals surface area contributed by atoms with Crippen LogP contribution in [0.1, 0.15) is 28.8 Å². The lowest BCUT2D eigenvalue weighted by Crippen LogP contribution is -2.23. The number of carbonyl (C=O) groups is 1. The minimum atomic E-state index is -0.00895. The van der Waals surface area contributed by atoms with Gasteiger partial charge in [0.05, 0.1) is 17.6 Å². The van der Waals surface area contributed by atoms with Gasteiger partial charge in [-0.1, -0.05) is 0 Å². The highest BCUT2D eigenvalue weighted by Crippen LogP contribution is 2.28. The molecule has 27 heavy (non-hydrogen) atoms. The van der Waals surface area contributed by atoms with E-state index in [1.807, 2.05) is 37.4 Å². The number of aldehydes is 1. The van der Waals surface area contributed by atoms with Gasteiger partial charge in [-0.05, 0) is 44.0 Å². The fraction of sp³-hybridized carbons (Fsp3) is 0.381. The largest absolute Gasteiger partial charge is 0.381 e. The van der Waals surface area contributed by atoms with Crippen molar-refractivity contribution in [2.75, 3.05) is 13.2 Å². The van der Waals surface area contributed by atoms with Crippen LogP contribution in [0.2, 0.25) is 0 Å². The summed E-state index contributed by atoms with van der Waals surface area (Å²) in [6.07, 6.45) is 4.85. The molecule has 0 spiro atoms. The molecule has 0 amide bonds. The molecule has 1 fully saturated rings. The number of benzene rings is 1. The standard InChI is InChI=1S/C21H23N3O3/c1-14-8-17(11-23(2)21(14)26)20-22-18-9-15(12-25)5-6-19(18)24(20)10-16-4-3-7-27-13-16/h5-6,8-9,11-12,16H,3-4,7,10,13H2,1-2H3. The van der Waals surface area contributed by atoms with Gasteiger partial charge in [-0.15, -0.1) is 0 Å². The third-order valence-corrected chi connectivity index (χ3v) is 5.22. The van der Waals surface area contributed by atoms with Crippen molar-refractivity contribution in [2.24, 2.45) is 13.0 Å². The van der Waals surface area contributed by atoms with Gasteiger partial charge in [0, 0.05) is 49.0 Å². The summed E-state index contributed by atoms with van der Waals surface area (Å²) in [6, 6.07) is 7.47. The van der Waals surface area contributed by atoms with Crippen LogP contribution in [0.15, 0.2) is 35.3 Å². The van der Waals surface area contributed by atoms with Gasteiger partial charge < -0.3 is 13.9 Å². The maximum Gasteiger partial charge on any atom is 0.253 e. The first-order valence-corrected chi connectivity index (χ1v) is 9.27. The van der Waals surface area contributed by atoms with Crippen LogP contribution in [0, 0.1) is 12.8 Å². The zero-order valence-electron chi connectivity index (χ0n) is 15.6. The van der Waals surface area contributed by atoms with Gasteiger partial charge in [-0.25, -0.2) is 4.98 Å². The average molecular weight is 365 g/mol. The quantitative estimate of drug-likeness (QED) is 0.667. The van der Waals surface area contributed by atoms with Crippen molar-refractivity contribution in [2.45, 2.75) is 26.3 Å². The van der Waals surface area contributed by atoms with Crippen molar-refractivity contribution in [3.8, 4) is 11.4 Å². The summed E-state index contributed by atoms with van der Waals surface area (Å²) in [5, 5.41) is 0. The zero-order chi connectivity index (χ0) is 19.0. The van der Waals surface area contributed by atoms with Crippen LogP contribution < -0.4 is 5.56 Å². The second kappa shape index (κ2) is 7.12. The molecule has 1 atom stereocenters. The van der Waals surface area contributed by atoms with Gasteiger partial charge in [-0.2, -0.15) is 0 Å². The number of aryl methyl sites for hydroxylation is 2. The monoisotopic (exact) mass is 365 g/mol. The van der Waals surface area contributed by atoms with Crippen molar-refractivity contribution in [3.63, 3.8) is 0 Å². The highest BCUT2D eigenvalue weighted by molar-refractivity contribution is 5.87. The number of imidazole rings is 1. The van der Waals surface area contributed by atoms with Gasteiger partial charge in [0.15, 0.2) is 0 Å².